The molecule has 2 bridgehead atoms. The van der Waals surface area contributed by atoms with E-state index in [0.29, 0.717) is 10.6 Å². The van der Waals surface area contributed by atoms with Crippen LogP contribution in [0.5, 0.6) is 0 Å². The van der Waals surface area contributed by atoms with Crippen molar-refractivity contribution in [2.75, 3.05) is 0 Å². The normalized spacial score (nSPS) is 33.2. The predicted molar refractivity (Wildman–Crippen MR) is 94.7 cm³/mol. The molecule has 0 aromatic heterocycles. The van der Waals surface area contributed by atoms with Crippen LogP contribution in [0.25, 0.3) is 0 Å². The van der Waals surface area contributed by atoms with Crippen LogP contribution in [0.4, 0.5) is 0 Å². The van der Waals surface area contributed by atoms with E-state index in [1.807, 2.05) is 12.1 Å². The molecule has 2 nitrogen and oxygen atoms in total. The van der Waals surface area contributed by atoms with E-state index in [0.717, 1.165) is 9.49 Å². The van der Waals surface area contributed by atoms with Gasteiger partial charge in [-0.1, -0.05) is 32.4 Å². The van der Waals surface area contributed by atoms with Gasteiger partial charge in [-0.3, -0.25) is 4.79 Å². The molecular weight excluding hydrogens is 397 g/mol. The highest BCUT2D eigenvalue weighted by Gasteiger charge is 2.59. The van der Waals surface area contributed by atoms with Gasteiger partial charge in [0.05, 0.1) is 5.56 Å². The zero-order chi connectivity index (χ0) is 15.4. The third-order valence-electron chi connectivity index (χ3n) is 5.72. The Labute approximate surface area is 145 Å². The van der Waals surface area contributed by atoms with E-state index >= 15 is 0 Å². The zero-order valence-corrected chi connectivity index (χ0v) is 15.6. The van der Waals surface area contributed by atoms with Crippen LogP contribution in [0.15, 0.2) is 18.2 Å². The summed E-state index contributed by atoms with van der Waals surface area (Å²) in [6.45, 7) is 6.93. The summed E-state index contributed by atoms with van der Waals surface area (Å²) in [5, 5.41) is 3.93. The first-order valence-corrected chi connectivity index (χ1v) is 8.96. The number of fused-ring (bicyclic) bond motifs is 2. The van der Waals surface area contributed by atoms with Gasteiger partial charge in [0.2, 0.25) is 0 Å². The lowest BCUT2D eigenvalue weighted by atomic mass is 9.68. The maximum absolute atomic E-state index is 12.7. The fraction of sp³-hybridized carbons (Fsp3) is 0.588. The first-order valence-electron chi connectivity index (χ1n) is 7.50. The molecule has 0 radical (unpaired) electrons. The van der Waals surface area contributed by atoms with Gasteiger partial charge in [0, 0.05) is 14.6 Å². The van der Waals surface area contributed by atoms with Crippen molar-refractivity contribution >= 4 is 40.1 Å². The van der Waals surface area contributed by atoms with Crippen molar-refractivity contribution < 1.29 is 4.79 Å². The molecule has 114 valence electrons. The molecule has 0 spiro atoms. The number of hydrogen-bond acceptors (Lipinski definition) is 1. The molecule has 0 aliphatic heterocycles. The summed E-state index contributed by atoms with van der Waals surface area (Å²) in [6.07, 6.45) is 3.75. The zero-order valence-electron chi connectivity index (χ0n) is 12.7. The van der Waals surface area contributed by atoms with Crippen molar-refractivity contribution in [1.82, 2.24) is 5.32 Å². The number of nitrogens with one attached hydrogen (secondary N) is 1. The third kappa shape index (κ3) is 2.50. The monoisotopic (exact) mass is 417 g/mol. The molecule has 1 aromatic rings. The second-order valence-corrected chi connectivity index (χ2v) is 9.04. The lowest BCUT2D eigenvalue weighted by Crippen LogP contribution is -2.52. The number of carbonyl (C=O) groups is 1. The Kier molecular flexibility index (Phi) is 3.80. The van der Waals surface area contributed by atoms with Crippen molar-refractivity contribution in [3.8, 4) is 0 Å². The fourth-order valence-corrected chi connectivity index (χ4v) is 5.30. The summed E-state index contributed by atoms with van der Waals surface area (Å²) in [7, 11) is 0. The topological polar surface area (TPSA) is 29.1 Å². The van der Waals surface area contributed by atoms with Gasteiger partial charge in [-0.25, -0.2) is 0 Å². The molecule has 3 atom stereocenters. The van der Waals surface area contributed by atoms with Gasteiger partial charge < -0.3 is 5.32 Å². The largest absolute Gasteiger partial charge is 0.348 e. The smallest absolute Gasteiger partial charge is 0.252 e. The third-order valence-corrected chi connectivity index (χ3v) is 6.89. The van der Waals surface area contributed by atoms with E-state index in [9.17, 15) is 4.79 Å². The van der Waals surface area contributed by atoms with Gasteiger partial charge in [-0.2, -0.15) is 0 Å². The van der Waals surface area contributed by atoms with Crippen LogP contribution in [0.1, 0.15) is 50.4 Å². The standard InChI is InChI=1S/C17H21ClINO/c1-16(2)10-6-7-17(3,9-10)15(16)20-14(21)12-8-11(18)4-5-13(12)19/h4-5,8,10,15H,6-7,9H2,1-3H3,(H,20,21). The number of amides is 1. The molecule has 1 amide bonds. The van der Waals surface area contributed by atoms with Crippen LogP contribution in [0, 0.1) is 20.3 Å². The maximum Gasteiger partial charge on any atom is 0.252 e. The summed E-state index contributed by atoms with van der Waals surface area (Å²) in [6, 6.07) is 5.72. The van der Waals surface area contributed by atoms with E-state index in [1.54, 1.807) is 6.07 Å². The van der Waals surface area contributed by atoms with Gasteiger partial charge in [0.1, 0.15) is 0 Å². The number of rotatable bonds is 2. The van der Waals surface area contributed by atoms with Crippen LogP contribution < -0.4 is 5.32 Å². The van der Waals surface area contributed by atoms with Gasteiger partial charge in [-0.15, -0.1) is 0 Å². The van der Waals surface area contributed by atoms with Crippen LogP contribution in [0.3, 0.4) is 0 Å². The minimum Gasteiger partial charge on any atom is -0.348 e. The summed E-state index contributed by atoms with van der Waals surface area (Å²) < 4.78 is 0.945. The summed E-state index contributed by atoms with van der Waals surface area (Å²) >= 11 is 8.24. The molecule has 2 fully saturated rings. The SMILES string of the molecule is CC12CCC(C1)C(C)(C)C2NC(=O)c1cc(Cl)ccc1I. The first kappa shape index (κ1) is 15.6. The van der Waals surface area contributed by atoms with Crippen molar-refractivity contribution in [2.45, 2.75) is 46.1 Å². The molecule has 3 rings (SSSR count). The second-order valence-electron chi connectivity index (χ2n) is 7.45. The molecule has 2 aliphatic carbocycles. The van der Waals surface area contributed by atoms with Crippen molar-refractivity contribution in [3.63, 3.8) is 0 Å². The van der Waals surface area contributed by atoms with E-state index in [1.165, 1.54) is 19.3 Å². The van der Waals surface area contributed by atoms with Crippen molar-refractivity contribution in [3.05, 3.63) is 32.4 Å². The second kappa shape index (κ2) is 5.12. The molecule has 0 saturated heterocycles. The Hall–Kier alpha value is -0.290. The Morgan fingerprint density at radius 1 is 1.38 bits per heavy atom. The molecule has 1 aromatic carbocycles. The van der Waals surface area contributed by atoms with E-state index in [-0.39, 0.29) is 22.8 Å². The molecule has 1 N–H and O–H groups in total. The first-order chi connectivity index (χ1) is 9.74. The summed E-state index contributed by atoms with van der Waals surface area (Å²) in [5.74, 6) is 0.736. The maximum atomic E-state index is 12.7. The highest BCUT2D eigenvalue weighted by molar-refractivity contribution is 14.1. The highest BCUT2D eigenvalue weighted by Crippen LogP contribution is 2.62. The minimum atomic E-state index is 0.00810. The van der Waals surface area contributed by atoms with Crippen LogP contribution in [-0.4, -0.2) is 11.9 Å². The fourth-order valence-electron chi connectivity index (χ4n) is 4.54. The summed E-state index contributed by atoms with van der Waals surface area (Å²) in [4.78, 5) is 12.7. The van der Waals surface area contributed by atoms with Crippen LogP contribution >= 0.6 is 34.2 Å². The minimum absolute atomic E-state index is 0.00810. The highest BCUT2D eigenvalue weighted by atomic mass is 127. The van der Waals surface area contributed by atoms with E-state index in [4.69, 9.17) is 11.6 Å². The van der Waals surface area contributed by atoms with Gasteiger partial charge in [0.15, 0.2) is 0 Å². The molecule has 2 aliphatic rings. The van der Waals surface area contributed by atoms with Gasteiger partial charge in [0.25, 0.3) is 5.91 Å². The molecule has 3 unspecified atom stereocenters. The number of benzene rings is 1. The van der Waals surface area contributed by atoms with E-state index < -0.39 is 0 Å². The molecular formula is C17H21ClINO. The lowest BCUT2D eigenvalue weighted by molar-refractivity contribution is 0.0737. The van der Waals surface area contributed by atoms with Crippen LogP contribution in [-0.2, 0) is 0 Å². The number of halogens is 2. The van der Waals surface area contributed by atoms with Crippen LogP contribution in [0.2, 0.25) is 5.02 Å². The van der Waals surface area contributed by atoms with Gasteiger partial charge in [-0.05, 0) is 76.8 Å². The Morgan fingerprint density at radius 2 is 2.10 bits per heavy atom. The molecule has 0 heterocycles. The Morgan fingerprint density at radius 3 is 2.71 bits per heavy atom. The Bertz CT molecular complexity index is 596. The van der Waals surface area contributed by atoms with Crippen molar-refractivity contribution in [1.29, 1.82) is 0 Å². The number of carbonyl (C=O) groups excluding carboxylic acids is 1. The lowest BCUT2D eigenvalue weighted by Gasteiger charge is -2.43. The predicted octanol–water partition coefficient (Wildman–Crippen LogP) is 4.89. The molecule has 4 heteroatoms. The molecule has 2 saturated carbocycles. The van der Waals surface area contributed by atoms with E-state index in [2.05, 4.69) is 48.7 Å². The Balaban J connectivity index is 1.86. The quantitative estimate of drug-likeness (QED) is 0.682. The summed E-state index contributed by atoms with van der Waals surface area (Å²) in [5.41, 5.74) is 1.10. The average Bonchev–Trinajstić information content (AvgIpc) is 2.88. The van der Waals surface area contributed by atoms with Gasteiger partial charge >= 0.3 is 0 Å². The number of hydrogen-bond donors (Lipinski definition) is 1. The van der Waals surface area contributed by atoms with Crippen molar-refractivity contribution in [2.24, 2.45) is 16.7 Å². The average molecular weight is 418 g/mol. The molecule has 21 heavy (non-hydrogen) atoms.